The molecule has 0 saturated carbocycles. The average molecular weight is 451 g/mol. The Morgan fingerprint density at radius 3 is 2.24 bits per heavy atom. The van der Waals surface area contributed by atoms with E-state index >= 15 is 0 Å². The van der Waals surface area contributed by atoms with Crippen LogP contribution in [0.2, 0.25) is 0 Å². The normalized spacial score (nSPS) is 14.3. The fourth-order valence-corrected chi connectivity index (χ4v) is 4.37. The topological polar surface area (TPSA) is 78.6 Å². The predicted molar refractivity (Wildman–Crippen MR) is 125 cm³/mol. The molecule has 0 unspecified atom stereocenters. The third kappa shape index (κ3) is 4.79. The van der Waals surface area contributed by atoms with E-state index in [2.05, 4.69) is 0 Å². The summed E-state index contributed by atoms with van der Waals surface area (Å²) < 4.78 is 13.9. The highest BCUT2D eigenvalue weighted by atomic mass is 16.5. The van der Waals surface area contributed by atoms with Crippen LogP contribution in [0.25, 0.3) is 0 Å². The lowest BCUT2D eigenvalue weighted by Crippen LogP contribution is -2.38. The van der Waals surface area contributed by atoms with Crippen LogP contribution in [0.15, 0.2) is 53.3 Å². The van der Waals surface area contributed by atoms with Crippen LogP contribution in [0.1, 0.15) is 47.4 Å². The van der Waals surface area contributed by atoms with Crippen molar-refractivity contribution in [2.75, 3.05) is 27.3 Å². The Bertz CT molecular complexity index is 1140. The van der Waals surface area contributed by atoms with Gasteiger partial charge in [-0.25, -0.2) is 9.48 Å². The number of hydrogen-bond donors (Lipinski definition) is 0. The van der Waals surface area contributed by atoms with Crippen LogP contribution < -0.4 is 15.2 Å². The Kier molecular flexibility index (Phi) is 6.82. The van der Waals surface area contributed by atoms with E-state index in [-0.39, 0.29) is 17.5 Å². The number of carbonyl (C=O) groups excluding carboxylic acids is 1. The summed E-state index contributed by atoms with van der Waals surface area (Å²) >= 11 is 0. The molecule has 0 radical (unpaired) electrons. The number of aromatic nitrogens is 3. The fourth-order valence-electron chi connectivity index (χ4n) is 4.37. The third-order valence-electron chi connectivity index (χ3n) is 6.19. The fraction of sp³-hybridized carbons (Fsp3) is 0.400. The van der Waals surface area contributed by atoms with E-state index < -0.39 is 0 Å². The van der Waals surface area contributed by atoms with Crippen molar-refractivity contribution < 1.29 is 14.3 Å². The Balaban J connectivity index is 1.48. The van der Waals surface area contributed by atoms with Gasteiger partial charge in [-0.1, -0.05) is 30.3 Å². The van der Waals surface area contributed by atoms with Crippen LogP contribution in [0.4, 0.5) is 0 Å². The minimum Gasteiger partial charge on any atom is -0.497 e. The van der Waals surface area contributed by atoms with E-state index in [0.717, 1.165) is 24.2 Å². The average Bonchev–Trinajstić information content (AvgIpc) is 3.18. The predicted octanol–water partition coefficient (Wildman–Crippen LogP) is 3.15. The van der Waals surface area contributed by atoms with E-state index in [9.17, 15) is 9.59 Å². The van der Waals surface area contributed by atoms with Gasteiger partial charge in [-0.05, 0) is 37.5 Å². The number of amides is 1. The molecule has 1 aliphatic heterocycles. The standard InChI is InChI=1S/C25H30N4O4/c1-4-28-23(26-29(25(28)31)17-18-8-6-5-7-9-18)19-10-12-27(13-11-19)24(30)20-14-21(32-2)16-22(15-20)33-3/h5-9,14-16,19H,4,10-13,17H2,1-3H3. The molecule has 0 bridgehead atoms. The summed E-state index contributed by atoms with van der Waals surface area (Å²) in [6, 6.07) is 15.1. The molecule has 1 fully saturated rings. The second-order valence-electron chi connectivity index (χ2n) is 8.20. The van der Waals surface area contributed by atoms with Gasteiger partial charge in [0.15, 0.2) is 0 Å². The van der Waals surface area contributed by atoms with E-state index in [1.54, 1.807) is 41.7 Å². The summed E-state index contributed by atoms with van der Waals surface area (Å²) in [6.45, 7) is 4.20. The SMILES string of the molecule is CCn1c(C2CCN(C(=O)c3cc(OC)cc(OC)c3)CC2)nn(Cc2ccccc2)c1=O. The van der Waals surface area contributed by atoms with Crippen LogP contribution in [-0.2, 0) is 13.1 Å². The van der Waals surface area contributed by atoms with Crippen LogP contribution in [0.5, 0.6) is 11.5 Å². The largest absolute Gasteiger partial charge is 0.497 e. The molecule has 4 rings (SSSR count). The zero-order chi connectivity index (χ0) is 23.4. The van der Waals surface area contributed by atoms with E-state index in [0.29, 0.717) is 43.2 Å². The summed E-state index contributed by atoms with van der Waals surface area (Å²) in [4.78, 5) is 27.9. The summed E-state index contributed by atoms with van der Waals surface area (Å²) in [5.41, 5.74) is 1.50. The molecule has 2 aromatic carbocycles. The maximum absolute atomic E-state index is 13.1. The van der Waals surface area contributed by atoms with Crippen molar-refractivity contribution in [3.63, 3.8) is 0 Å². The van der Waals surface area contributed by atoms with Gasteiger partial charge in [0.2, 0.25) is 0 Å². The van der Waals surface area contributed by atoms with Crippen molar-refractivity contribution in [2.24, 2.45) is 0 Å². The zero-order valence-corrected chi connectivity index (χ0v) is 19.4. The molecule has 0 spiro atoms. The Labute approximate surface area is 193 Å². The minimum absolute atomic E-state index is 0.0480. The molecule has 1 amide bonds. The number of nitrogens with zero attached hydrogens (tertiary/aromatic N) is 4. The van der Waals surface area contributed by atoms with Gasteiger partial charge in [0, 0.05) is 37.2 Å². The first kappa shape index (κ1) is 22.6. The van der Waals surface area contributed by atoms with Crippen molar-refractivity contribution in [3.8, 4) is 11.5 Å². The molecular weight excluding hydrogens is 420 g/mol. The van der Waals surface area contributed by atoms with Crippen LogP contribution >= 0.6 is 0 Å². The van der Waals surface area contributed by atoms with Crippen LogP contribution in [-0.4, -0.2) is 52.5 Å². The molecule has 0 aliphatic carbocycles. The second-order valence-corrected chi connectivity index (χ2v) is 8.20. The summed E-state index contributed by atoms with van der Waals surface area (Å²) in [5, 5.41) is 4.70. The van der Waals surface area contributed by atoms with Gasteiger partial charge in [-0.15, -0.1) is 0 Å². The van der Waals surface area contributed by atoms with Gasteiger partial charge < -0.3 is 14.4 Å². The molecule has 8 heteroatoms. The number of methoxy groups -OCH3 is 2. The number of benzene rings is 2. The molecule has 1 saturated heterocycles. The molecule has 0 N–H and O–H groups in total. The van der Waals surface area contributed by atoms with E-state index in [4.69, 9.17) is 14.6 Å². The molecule has 1 aliphatic rings. The lowest BCUT2D eigenvalue weighted by molar-refractivity contribution is 0.0709. The molecule has 174 valence electrons. The number of ether oxygens (including phenoxy) is 2. The molecular formula is C25H30N4O4. The highest BCUT2D eigenvalue weighted by Crippen LogP contribution is 2.29. The van der Waals surface area contributed by atoms with Gasteiger partial charge in [0.05, 0.1) is 20.8 Å². The quantitative estimate of drug-likeness (QED) is 0.553. The molecule has 3 aromatic rings. The number of hydrogen-bond acceptors (Lipinski definition) is 5. The summed E-state index contributed by atoms with van der Waals surface area (Å²) in [7, 11) is 3.14. The van der Waals surface area contributed by atoms with Crippen molar-refractivity contribution in [2.45, 2.75) is 38.8 Å². The highest BCUT2D eigenvalue weighted by Gasteiger charge is 2.29. The maximum Gasteiger partial charge on any atom is 0.346 e. The smallest absolute Gasteiger partial charge is 0.346 e. The number of carbonyl (C=O) groups is 1. The first-order valence-corrected chi connectivity index (χ1v) is 11.3. The van der Waals surface area contributed by atoms with Crippen molar-refractivity contribution in [1.29, 1.82) is 0 Å². The Morgan fingerprint density at radius 2 is 1.67 bits per heavy atom. The Hall–Kier alpha value is -3.55. The first-order chi connectivity index (χ1) is 16.0. The highest BCUT2D eigenvalue weighted by molar-refractivity contribution is 5.95. The second kappa shape index (κ2) is 9.94. The van der Waals surface area contributed by atoms with Crippen molar-refractivity contribution in [1.82, 2.24) is 19.2 Å². The first-order valence-electron chi connectivity index (χ1n) is 11.3. The van der Waals surface area contributed by atoms with E-state index in [1.807, 2.05) is 42.2 Å². The lowest BCUT2D eigenvalue weighted by atomic mass is 9.95. The minimum atomic E-state index is -0.0849. The summed E-state index contributed by atoms with van der Waals surface area (Å²) in [5.74, 6) is 2.08. The van der Waals surface area contributed by atoms with Gasteiger partial charge in [0.25, 0.3) is 5.91 Å². The lowest BCUT2D eigenvalue weighted by Gasteiger charge is -2.31. The molecule has 2 heterocycles. The maximum atomic E-state index is 13.1. The van der Waals surface area contributed by atoms with Crippen molar-refractivity contribution in [3.05, 3.63) is 76.0 Å². The van der Waals surface area contributed by atoms with Gasteiger partial charge in [-0.3, -0.25) is 9.36 Å². The molecule has 8 nitrogen and oxygen atoms in total. The number of rotatable bonds is 7. The molecule has 33 heavy (non-hydrogen) atoms. The monoisotopic (exact) mass is 450 g/mol. The zero-order valence-electron chi connectivity index (χ0n) is 19.4. The molecule has 1 aromatic heterocycles. The third-order valence-corrected chi connectivity index (χ3v) is 6.19. The van der Waals surface area contributed by atoms with Crippen molar-refractivity contribution >= 4 is 5.91 Å². The van der Waals surface area contributed by atoms with Crippen LogP contribution in [0, 0.1) is 0 Å². The molecule has 0 atom stereocenters. The van der Waals surface area contributed by atoms with Gasteiger partial charge >= 0.3 is 5.69 Å². The number of piperidine rings is 1. The van der Waals surface area contributed by atoms with Gasteiger partial charge in [-0.2, -0.15) is 5.10 Å². The Morgan fingerprint density at radius 1 is 1.03 bits per heavy atom. The number of likely N-dealkylation sites (tertiary alicyclic amines) is 1. The van der Waals surface area contributed by atoms with E-state index in [1.165, 1.54) is 0 Å². The van der Waals surface area contributed by atoms with Gasteiger partial charge in [0.1, 0.15) is 17.3 Å². The summed E-state index contributed by atoms with van der Waals surface area (Å²) in [6.07, 6.45) is 1.52. The van der Waals surface area contributed by atoms with Crippen LogP contribution in [0.3, 0.4) is 0 Å².